The van der Waals surface area contributed by atoms with Crippen LogP contribution in [0.3, 0.4) is 0 Å². The van der Waals surface area contributed by atoms with Crippen LogP contribution in [-0.2, 0) is 4.79 Å². The van der Waals surface area contributed by atoms with Crippen molar-refractivity contribution in [3.05, 3.63) is 29.8 Å². The Bertz CT molecular complexity index is 484. The van der Waals surface area contributed by atoms with Crippen molar-refractivity contribution >= 4 is 23.4 Å². The second kappa shape index (κ2) is 6.48. The van der Waals surface area contributed by atoms with E-state index in [4.69, 9.17) is 5.73 Å². The summed E-state index contributed by atoms with van der Waals surface area (Å²) in [6, 6.07) is 7.57. The van der Waals surface area contributed by atoms with Gasteiger partial charge in [0, 0.05) is 17.2 Å². The highest BCUT2D eigenvalue weighted by molar-refractivity contribution is 7.99. The number of nitrogens with two attached hydrogens (primary N) is 1. The molecular formula is C14H16N2OS. The van der Waals surface area contributed by atoms with Crippen LogP contribution in [0.4, 0.5) is 5.69 Å². The fraction of sp³-hybridized carbons (Fsp3) is 0.357. The van der Waals surface area contributed by atoms with Crippen molar-refractivity contribution in [2.24, 2.45) is 11.7 Å². The number of carbonyl (C=O) groups is 1. The van der Waals surface area contributed by atoms with Gasteiger partial charge in [-0.2, -0.15) is 11.8 Å². The van der Waals surface area contributed by atoms with Crippen LogP contribution in [0.5, 0.6) is 0 Å². The Morgan fingerprint density at radius 2 is 2.33 bits per heavy atom. The molecule has 1 aromatic carbocycles. The molecule has 0 spiro atoms. The molecule has 1 saturated heterocycles. The second-order valence-corrected chi connectivity index (χ2v) is 5.25. The van der Waals surface area contributed by atoms with E-state index in [2.05, 4.69) is 17.2 Å². The molecule has 1 atom stereocenters. The third-order valence-corrected chi connectivity index (χ3v) is 3.97. The standard InChI is InChI=1S/C14H16N2OS/c15-8-3-5-11-4-1-2-6-13(11)16-14(17)12-7-9-18-10-12/h1-2,4,6,12H,7-10,15H2,(H,16,17). The minimum absolute atomic E-state index is 0.0991. The summed E-state index contributed by atoms with van der Waals surface area (Å²) in [5.41, 5.74) is 6.96. The summed E-state index contributed by atoms with van der Waals surface area (Å²) in [6.45, 7) is 0.321. The van der Waals surface area contributed by atoms with Gasteiger partial charge >= 0.3 is 0 Å². The van der Waals surface area contributed by atoms with E-state index < -0.39 is 0 Å². The second-order valence-electron chi connectivity index (χ2n) is 4.10. The Morgan fingerprint density at radius 1 is 1.50 bits per heavy atom. The van der Waals surface area contributed by atoms with Crippen LogP contribution in [0, 0.1) is 17.8 Å². The van der Waals surface area contributed by atoms with Crippen LogP contribution in [0.2, 0.25) is 0 Å². The minimum Gasteiger partial charge on any atom is -0.325 e. The number of rotatable bonds is 2. The summed E-state index contributed by atoms with van der Waals surface area (Å²) >= 11 is 1.83. The van der Waals surface area contributed by atoms with Gasteiger partial charge in [0.25, 0.3) is 0 Å². The Kier molecular flexibility index (Phi) is 4.68. The topological polar surface area (TPSA) is 55.1 Å². The monoisotopic (exact) mass is 260 g/mol. The van der Waals surface area contributed by atoms with Gasteiger partial charge < -0.3 is 11.1 Å². The van der Waals surface area contributed by atoms with Crippen molar-refractivity contribution in [2.75, 3.05) is 23.4 Å². The Morgan fingerprint density at radius 3 is 3.06 bits per heavy atom. The van der Waals surface area contributed by atoms with Gasteiger partial charge in [0.1, 0.15) is 0 Å². The van der Waals surface area contributed by atoms with E-state index in [9.17, 15) is 4.79 Å². The van der Waals surface area contributed by atoms with E-state index in [0.717, 1.165) is 29.2 Å². The molecule has 1 aliphatic rings. The Hall–Kier alpha value is -1.44. The summed E-state index contributed by atoms with van der Waals surface area (Å²) in [4.78, 5) is 12.0. The fourth-order valence-electron chi connectivity index (χ4n) is 1.82. The molecule has 0 radical (unpaired) electrons. The third-order valence-electron chi connectivity index (χ3n) is 2.81. The molecule has 2 rings (SSSR count). The van der Waals surface area contributed by atoms with Gasteiger partial charge in [0.2, 0.25) is 5.91 Å². The first-order valence-electron chi connectivity index (χ1n) is 5.98. The van der Waals surface area contributed by atoms with Crippen LogP contribution in [0.1, 0.15) is 12.0 Å². The number of thioether (sulfide) groups is 1. The lowest BCUT2D eigenvalue weighted by molar-refractivity contribution is -0.119. The molecule has 0 saturated carbocycles. The molecule has 1 aliphatic heterocycles. The summed E-state index contributed by atoms with van der Waals surface area (Å²) in [6.07, 6.45) is 0.965. The van der Waals surface area contributed by atoms with Crippen molar-refractivity contribution in [1.29, 1.82) is 0 Å². The maximum Gasteiger partial charge on any atom is 0.228 e. The normalized spacial score (nSPS) is 17.9. The van der Waals surface area contributed by atoms with Crippen LogP contribution in [0.25, 0.3) is 0 Å². The van der Waals surface area contributed by atoms with Crippen molar-refractivity contribution < 1.29 is 4.79 Å². The van der Waals surface area contributed by atoms with Gasteiger partial charge in [0.05, 0.1) is 12.2 Å². The van der Waals surface area contributed by atoms with E-state index in [1.165, 1.54) is 0 Å². The molecule has 0 bridgehead atoms. The third kappa shape index (κ3) is 3.28. The van der Waals surface area contributed by atoms with Gasteiger partial charge in [-0.1, -0.05) is 24.0 Å². The van der Waals surface area contributed by atoms with E-state index in [0.29, 0.717) is 6.54 Å². The SMILES string of the molecule is NCC#Cc1ccccc1NC(=O)C1CCSC1. The number of nitrogens with one attached hydrogen (secondary N) is 1. The predicted molar refractivity (Wildman–Crippen MR) is 76.4 cm³/mol. The van der Waals surface area contributed by atoms with Crippen LogP contribution in [0.15, 0.2) is 24.3 Å². The average Bonchev–Trinajstić information content (AvgIpc) is 2.91. The molecule has 1 aromatic rings. The van der Waals surface area contributed by atoms with E-state index in [-0.39, 0.29) is 11.8 Å². The molecule has 1 heterocycles. The van der Waals surface area contributed by atoms with E-state index in [1.807, 2.05) is 36.0 Å². The highest BCUT2D eigenvalue weighted by Gasteiger charge is 2.23. The smallest absolute Gasteiger partial charge is 0.228 e. The average molecular weight is 260 g/mol. The van der Waals surface area contributed by atoms with Gasteiger partial charge in [-0.3, -0.25) is 4.79 Å². The van der Waals surface area contributed by atoms with Crippen LogP contribution >= 0.6 is 11.8 Å². The van der Waals surface area contributed by atoms with Gasteiger partial charge in [-0.05, 0) is 24.3 Å². The Labute approximate surface area is 112 Å². The lowest BCUT2D eigenvalue weighted by Gasteiger charge is -2.11. The zero-order chi connectivity index (χ0) is 12.8. The Balaban J connectivity index is 2.10. The van der Waals surface area contributed by atoms with Crippen LogP contribution < -0.4 is 11.1 Å². The van der Waals surface area contributed by atoms with Crippen molar-refractivity contribution in [1.82, 2.24) is 0 Å². The van der Waals surface area contributed by atoms with Crippen molar-refractivity contribution in [2.45, 2.75) is 6.42 Å². The summed E-state index contributed by atoms with van der Waals surface area (Å²) in [7, 11) is 0. The molecule has 94 valence electrons. The summed E-state index contributed by atoms with van der Waals surface area (Å²) in [5, 5.41) is 2.97. The molecule has 3 nitrogen and oxygen atoms in total. The molecule has 1 amide bonds. The first-order valence-corrected chi connectivity index (χ1v) is 7.13. The largest absolute Gasteiger partial charge is 0.325 e. The zero-order valence-electron chi connectivity index (χ0n) is 10.1. The fourth-order valence-corrected chi connectivity index (χ4v) is 3.04. The van der Waals surface area contributed by atoms with Crippen LogP contribution in [-0.4, -0.2) is 24.0 Å². The molecule has 0 aromatic heterocycles. The zero-order valence-corrected chi connectivity index (χ0v) is 10.9. The highest BCUT2D eigenvalue weighted by atomic mass is 32.2. The first-order chi connectivity index (χ1) is 8.81. The number of carbonyl (C=O) groups excluding carboxylic acids is 1. The lowest BCUT2D eigenvalue weighted by Crippen LogP contribution is -2.22. The number of hydrogen-bond acceptors (Lipinski definition) is 3. The molecule has 4 heteroatoms. The summed E-state index contributed by atoms with van der Waals surface area (Å²) in [5.74, 6) is 8.01. The number of anilines is 1. The van der Waals surface area contributed by atoms with E-state index >= 15 is 0 Å². The minimum atomic E-state index is 0.0991. The quantitative estimate of drug-likeness (QED) is 0.796. The number of hydrogen-bond donors (Lipinski definition) is 2. The molecular weight excluding hydrogens is 244 g/mol. The van der Waals surface area contributed by atoms with Gasteiger partial charge in [0.15, 0.2) is 0 Å². The molecule has 18 heavy (non-hydrogen) atoms. The number of benzene rings is 1. The summed E-state index contributed by atoms with van der Waals surface area (Å²) < 4.78 is 0. The maximum absolute atomic E-state index is 12.0. The van der Waals surface area contributed by atoms with E-state index in [1.54, 1.807) is 0 Å². The lowest BCUT2D eigenvalue weighted by atomic mass is 10.1. The van der Waals surface area contributed by atoms with Crippen molar-refractivity contribution in [3.8, 4) is 11.8 Å². The van der Waals surface area contributed by atoms with Gasteiger partial charge in [-0.25, -0.2) is 0 Å². The predicted octanol–water partition coefficient (Wildman–Crippen LogP) is 1.69. The highest BCUT2D eigenvalue weighted by Crippen LogP contribution is 2.25. The molecule has 1 fully saturated rings. The number of para-hydroxylation sites is 1. The molecule has 3 N–H and O–H groups in total. The van der Waals surface area contributed by atoms with Gasteiger partial charge in [-0.15, -0.1) is 0 Å². The molecule has 1 unspecified atom stereocenters. The number of amides is 1. The maximum atomic E-state index is 12.0. The molecule has 0 aliphatic carbocycles. The first kappa shape index (κ1) is 13.0. The van der Waals surface area contributed by atoms with Crippen molar-refractivity contribution in [3.63, 3.8) is 0 Å².